The molecule has 0 aromatic heterocycles. The SMILES string of the molecule is [O-]P1O[C@H](c2ccccc2)[C@H](c2ccccc2)N[C@H]1c1ccccc1. The molecule has 1 N–H and O–H groups in total. The molecule has 126 valence electrons. The summed E-state index contributed by atoms with van der Waals surface area (Å²) < 4.78 is 6.05. The van der Waals surface area contributed by atoms with Crippen LogP contribution < -0.4 is 10.2 Å². The molecule has 0 amide bonds. The van der Waals surface area contributed by atoms with Crippen LogP contribution >= 0.6 is 8.38 Å². The van der Waals surface area contributed by atoms with Gasteiger partial charge in [-0.3, -0.25) is 5.32 Å². The van der Waals surface area contributed by atoms with Crippen molar-refractivity contribution in [1.29, 1.82) is 0 Å². The fourth-order valence-electron chi connectivity index (χ4n) is 3.23. The summed E-state index contributed by atoms with van der Waals surface area (Å²) in [5.74, 6) is -0.318. The maximum Gasteiger partial charge on any atom is 0.105 e. The van der Waals surface area contributed by atoms with Gasteiger partial charge >= 0.3 is 0 Å². The summed E-state index contributed by atoms with van der Waals surface area (Å²) in [5.41, 5.74) is 3.13. The van der Waals surface area contributed by atoms with E-state index in [1.165, 1.54) is 0 Å². The smallest absolute Gasteiger partial charge is 0.105 e. The molecule has 3 aromatic carbocycles. The van der Waals surface area contributed by atoms with Gasteiger partial charge in [0.05, 0.1) is 11.8 Å². The Hall–Kier alpha value is -2.03. The van der Waals surface area contributed by atoms with E-state index in [1.54, 1.807) is 0 Å². The zero-order chi connectivity index (χ0) is 17.1. The van der Waals surface area contributed by atoms with Crippen molar-refractivity contribution in [3.05, 3.63) is 108 Å². The highest BCUT2D eigenvalue weighted by atomic mass is 31.2. The van der Waals surface area contributed by atoms with Crippen LogP contribution in [0.4, 0.5) is 0 Å². The lowest BCUT2D eigenvalue weighted by atomic mass is 9.95. The van der Waals surface area contributed by atoms with Crippen LogP contribution in [0.1, 0.15) is 34.6 Å². The molecule has 1 heterocycles. The van der Waals surface area contributed by atoms with Crippen molar-refractivity contribution in [2.75, 3.05) is 0 Å². The van der Waals surface area contributed by atoms with Gasteiger partial charge in [0.25, 0.3) is 0 Å². The fourth-order valence-corrected chi connectivity index (χ4v) is 4.52. The molecule has 1 fully saturated rings. The Morgan fingerprint density at radius 3 is 1.72 bits per heavy atom. The fraction of sp³-hybridized carbons (Fsp3) is 0.143. The first-order chi connectivity index (χ1) is 12.3. The van der Waals surface area contributed by atoms with E-state index >= 15 is 0 Å². The van der Waals surface area contributed by atoms with Gasteiger partial charge in [-0.15, -0.1) is 0 Å². The van der Waals surface area contributed by atoms with Gasteiger partial charge in [-0.2, -0.15) is 0 Å². The van der Waals surface area contributed by atoms with E-state index in [0.29, 0.717) is 0 Å². The van der Waals surface area contributed by atoms with Crippen LogP contribution in [0, 0.1) is 0 Å². The zero-order valence-corrected chi connectivity index (χ0v) is 14.6. The summed E-state index contributed by atoms with van der Waals surface area (Å²) in [5, 5.41) is 3.58. The highest BCUT2D eigenvalue weighted by Crippen LogP contribution is 2.55. The molecule has 0 saturated carbocycles. The Bertz CT molecular complexity index is 798. The van der Waals surface area contributed by atoms with E-state index in [9.17, 15) is 4.89 Å². The number of rotatable bonds is 3. The van der Waals surface area contributed by atoms with E-state index in [1.807, 2.05) is 78.9 Å². The van der Waals surface area contributed by atoms with Crippen molar-refractivity contribution >= 4 is 8.38 Å². The number of benzene rings is 3. The summed E-state index contributed by atoms with van der Waals surface area (Å²) >= 11 is 0. The minimum Gasteiger partial charge on any atom is -0.807 e. The van der Waals surface area contributed by atoms with Gasteiger partial charge in [0.2, 0.25) is 0 Å². The van der Waals surface area contributed by atoms with E-state index in [4.69, 9.17) is 4.52 Å². The summed E-state index contributed by atoms with van der Waals surface area (Å²) in [6, 6.07) is 30.0. The molecule has 0 radical (unpaired) electrons. The molecule has 4 heteroatoms. The molecule has 1 aliphatic rings. The Balaban J connectivity index is 1.71. The molecule has 0 spiro atoms. The maximum absolute atomic E-state index is 12.8. The van der Waals surface area contributed by atoms with Gasteiger partial charge in [0.1, 0.15) is 6.10 Å². The predicted octanol–water partition coefficient (Wildman–Crippen LogP) is 4.46. The average Bonchev–Trinajstić information content (AvgIpc) is 2.70. The molecule has 0 aliphatic carbocycles. The third-order valence-corrected chi connectivity index (χ3v) is 5.77. The minimum absolute atomic E-state index is 0.0680. The Kier molecular flexibility index (Phi) is 4.91. The second-order valence-electron chi connectivity index (χ2n) is 6.09. The quantitative estimate of drug-likeness (QED) is 0.711. The van der Waals surface area contributed by atoms with Crippen molar-refractivity contribution in [2.24, 2.45) is 0 Å². The monoisotopic (exact) mass is 348 g/mol. The van der Waals surface area contributed by atoms with Gasteiger partial charge in [-0.25, -0.2) is 0 Å². The van der Waals surface area contributed by atoms with Crippen LogP contribution in [0.2, 0.25) is 0 Å². The van der Waals surface area contributed by atoms with Crippen LogP contribution in [0.5, 0.6) is 0 Å². The first-order valence-corrected chi connectivity index (χ1v) is 9.61. The van der Waals surface area contributed by atoms with E-state index in [2.05, 4.69) is 17.4 Å². The highest BCUT2D eigenvalue weighted by Gasteiger charge is 2.35. The topological polar surface area (TPSA) is 44.3 Å². The third-order valence-electron chi connectivity index (χ3n) is 4.47. The van der Waals surface area contributed by atoms with Crippen molar-refractivity contribution in [1.82, 2.24) is 5.32 Å². The van der Waals surface area contributed by atoms with E-state index in [-0.39, 0.29) is 17.9 Å². The Morgan fingerprint density at radius 1 is 0.680 bits per heavy atom. The Labute approximate surface area is 149 Å². The lowest BCUT2D eigenvalue weighted by molar-refractivity contribution is -0.193. The van der Waals surface area contributed by atoms with Crippen molar-refractivity contribution in [3.8, 4) is 0 Å². The molecular formula is C21H19NO2P-. The standard InChI is InChI=1S/C21H19NO2P/c23-25-21(18-14-8-3-9-15-18)22-19(16-10-4-1-5-11-16)20(24-25)17-12-6-2-7-13-17/h1-15,19-22H/q-1/t19-,20+,21+,25?/m0/s1. The van der Waals surface area contributed by atoms with Crippen LogP contribution in [0.25, 0.3) is 0 Å². The largest absolute Gasteiger partial charge is 0.807 e. The molecule has 25 heavy (non-hydrogen) atoms. The second kappa shape index (κ2) is 7.47. The zero-order valence-electron chi connectivity index (χ0n) is 13.7. The molecular weight excluding hydrogens is 329 g/mol. The molecule has 1 saturated heterocycles. The predicted molar refractivity (Wildman–Crippen MR) is 98.7 cm³/mol. The maximum atomic E-state index is 12.8. The lowest BCUT2D eigenvalue weighted by Crippen LogP contribution is -2.38. The number of hydrogen-bond donors (Lipinski definition) is 1. The summed E-state index contributed by atoms with van der Waals surface area (Å²) in [7, 11) is -1.87. The van der Waals surface area contributed by atoms with Crippen molar-refractivity contribution in [3.63, 3.8) is 0 Å². The second-order valence-corrected chi connectivity index (χ2v) is 7.39. The number of nitrogens with one attached hydrogen (secondary N) is 1. The van der Waals surface area contributed by atoms with Crippen molar-refractivity contribution in [2.45, 2.75) is 17.9 Å². The van der Waals surface area contributed by atoms with Gasteiger partial charge in [0.15, 0.2) is 0 Å². The average molecular weight is 348 g/mol. The number of hydrogen-bond acceptors (Lipinski definition) is 3. The third kappa shape index (κ3) is 3.51. The summed E-state index contributed by atoms with van der Waals surface area (Å²) in [6.45, 7) is 0. The molecule has 1 aliphatic heterocycles. The van der Waals surface area contributed by atoms with Gasteiger partial charge in [-0.1, -0.05) is 91.0 Å². The van der Waals surface area contributed by atoms with Gasteiger partial charge < -0.3 is 9.42 Å². The van der Waals surface area contributed by atoms with Crippen LogP contribution in [0.15, 0.2) is 91.0 Å². The summed E-state index contributed by atoms with van der Waals surface area (Å²) in [4.78, 5) is 12.8. The van der Waals surface area contributed by atoms with Gasteiger partial charge in [0, 0.05) is 0 Å². The molecule has 4 atom stereocenters. The molecule has 4 rings (SSSR count). The Morgan fingerprint density at radius 2 is 1.16 bits per heavy atom. The molecule has 1 unspecified atom stereocenters. The minimum atomic E-state index is -1.87. The van der Waals surface area contributed by atoms with E-state index in [0.717, 1.165) is 16.7 Å². The van der Waals surface area contributed by atoms with Gasteiger partial charge in [-0.05, 0) is 25.1 Å². The first kappa shape index (κ1) is 16.4. The van der Waals surface area contributed by atoms with Crippen molar-refractivity contribution < 1.29 is 9.42 Å². The van der Waals surface area contributed by atoms with Crippen LogP contribution in [-0.2, 0) is 4.52 Å². The van der Waals surface area contributed by atoms with Crippen LogP contribution in [-0.4, -0.2) is 0 Å². The molecule has 3 nitrogen and oxygen atoms in total. The van der Waals surface area contributed by atoms with E-state index < -0.39 is 8.38 Å². The first-order valence-electron chi connectivity index (χ1n) is 8.37. The van der Waals surface area contributed by atoms with Crippen LogP contribution in [0.3, 0.4) is 0 Å². The lowest BCUT2D eigenvalue weighted by Gasteiger charge is -2.46. The molecule has 3 aromatic rings. The highest BCUT2D eigenvalue weighted by molar-refractivity contribution is 7.45. The molecule has 0 bridgehead atoms. The summed E-state index contributed by atoms with van der Waals surface area (Å²) in [6.07, 6.45) is -0.285. The normalized spacial score (nSPS) is 26.3.